The second-order valence-electron chi connectivity index (χ2n) is 5.47. The summed E-state index contributed by atoms with van der Waals surface area (Å²) in [7, 11) is 1.46. The SMILES string of the molecule is CCCCCCCCCCC(=O)c1c(F)cccc1OC. The van der Waals surface area contributed by atoms with Gasteiger partial charge in [0, 0.05) is 6.42 Å². The number of Topliss-reactive ketones (excluding diaryl/α,β-unsaturated/α-hetero) is 1. The summed E-state index contributed by atoms with van der Waals surface area (Å²) in [5, 5.41) is 0. The fraction of sp³-hybridized carbons (Fsp3) is 0.611. The third-order valence-corrected chi connectivity index (χ3v) is 3.73. The van der Waals surface area contributed by atoms with Crippen molar-refractivity contribution in [2.45, 2.75) is 64.7 Å². The van der Waals surface area contributed by atoms with Crippen LogP contribution in [0.2, 0.25) is 0 Å². The molecule has 0 N–H and O–H groups in total. The molecule has 0 bridgehead atoms. The lowest BCUT2D eigenvalue weighted by atomic mass is 10.0. The third kappa shape index (κ3) is 6.28. The molecule has 0 unspecified atom stereocenters. The zero-order valence-electron chi connectivity index (χ0n) is 13.3. The predicted octanol–water partition coefficient (Wildman–Crippen LogP) is 5.55. The molecule has 0 fully saturated rings. The number of hydrogen-bond donors (Lipinski definition) is 0. The van der Waals surface area contributed by atoms with Gasteiger partial charge in [0.25, 0.3) is 0 Å². The van der Waals surface area contributed by atoms with Gasteiger partial charge in [0.2, 0.25) is 0 Å². The maximum absolute atomic E-state index is 13.7. The van der Waals surface area contributed by atoms with Gasteiger partial charge in [0.1, 0.15) is 11.6 Å². The molecule has 1 aromatic carbocycles. The molecule has 118 valence electrons. The highest BCUT2D eigenvalue weighted by Gasteiger charge is 2.16. The molecule has 0 spiro atoms. The smallest absolute Gasteiger partial charge is 0.169 e. The Morgan fingerprint density at radius 3 is 2.29 bits per heavy atom. The number of benzene rings is 1. The molecule has 21 heavy (non-hydrogen) atoms. The number of halogens is 1. The Hall–Kier alpha value is -1.38. The zero-order valence-corrected chi connectivity index (χ0v) is 13.3. The number of rotatable bonds is 11. The first-order valence-corrected chi connectivity index (χ1v) is 8.06. The maximum atomic E-state index is 13.7. The predicted molar refractivity (Wildman–Crippen MR) is 84.5 cm³/mol. The number of carbonyl (C=O) groups is 1. The Labute approximate surface area is 127 Å². The van der Waals surface area contributed by atoms with Crippen molar-refractivity contribution in [1.29, 1.82) is 0 Å². The summed E-state index contributed by atoms with van der Waals surface area (Å²) < 4.78 is 18.8. The monoisotopic (exact) mass is 294 g/mol. The average molecular weight is 294 g/mol. The summed E-state index contributed by atoms with van der Waals surface area (Å²) in [6.45, 7) is 2.21. The number of unbranched alkanes of at least 4 members (excludes halogenated alkanes) is 7. The Morgan fingerprint density at radius 1 is 1.05 bits per heavy atom. The number of ether oxygens (including phenoxy) is 1. The summed E-state index contributed by atoms with van der Waals surface area (Å²) in [6, 6.07) is 4.49. The van der Waals surface area contributed by atoms with Gasteiger partial charge in [-0.15, -0.1) is 0 Å². The molecule has 0 aliphatic rings. The molecular formula is C18H27FO2. The third-order valence-electron chi connectivity index (χ3n) is 3.73. The quantitative estimate of drug-likeness (QED) is 0.395. The van der Waals surface area contributed by atoms with E-state index in [1.54, 1.807) is 12.1 Å². The van der Waals surface area contributed by atoms with E-state index in [0.29, 0.717) is 12.2 Å². The summed E-state index contributed by atoms with van der Waals surface area (Å²) in [5.74, 6) is -0.311. The van der Waals surface area contributed by atoms with Gasteiger partial charge in [-0.1, -0.05) is 57.9 Å². The summed E-state index contributed by atoms with van der Waals surface area (Å²) >= 11 is 0. The Kier molecular flexibility index (Phi) is 8.72. The van der Waals surface area contributed by atoms with Crippen molar-refractivity contribution in [3.63, 3.8) is 0 Å². The van der Waals surface area contributed by atoms with E-state index in [-0.39, 0.29) is 11.3 Å². The number of hydrogen-bond acceptors (Lipinski definition) is 2. The van der Waals surface area contributed by atoms with E-state index >= 15 is 0 Å². The molecule has 0 aromatic heterocycles. The Morgan fingerprint density at radius 2 is 1.67 bits per heavy atom. The van der Waals surface area contributed by atoms with Crippen molar-refractivity contribution in [3.05, 3.63) is 29.6 Å². The first kappa shape index (κ1) is 17.7. The van der Waals surface area contributed by atoms with Crippen LogP contribution in [0.4, 0.5) is 4.39 Å². The zero-order chi connectivity index (χ0) is 15.5. The minimum Gasteiger partial charge on any atom is -0.496 e. The van der Waals surface area contributed by atoms with Crippen LogP contribution in [0.5, 0.6) is 5.75 Å². The molecule has 0 atom stereocenters. The fourth-order valence-electron chi connectivity index (χ4n) is 2.49. The highest BCUT2D eigenvalue weighted by Crippen LogP contribution is 2.23. The Bertz CT molecular complexity index is 429. The molecule has 0 radical (unpaired) electrons. The van der Waals surface area contributed by atoms with Gasteiger partial charge < -0.3 is 4.74 Å². The van der Waals surface area contributed by atoms with Crippen LogP contribution in [0.25, 0.3) is 0 Å². The molecule has 0 saturated carbocycles. The van der Waals surface area contributed by atoms with Gasteiger partial charge in [0.15, 0.2) is 5.78 Å². The molecule has 0 amide bonds. The minimum absolute atomic E-state index is 0.0999. The van der Waals surface area contributed by atoms with Gasteiger partial charge in [0.05, 0.1) is 12.7 Å². The van der Waals surface area contributed by atoms with E-state index in [1.807, 2.05) is 0 Å². The van der Waals surface area contributed by atoms with Crippen LogP contribution < -0.4 is 4.74 Å². The molecule has 0 aliphatic heterocycles. The van der Waals surface area contributed by atoms with Crippen LogP contribution in [0, 0.1) is 5.82 Å². The van der Waals surface area contributed by atoms with E-state index in [2.05, 4.69) is 6.92 Å². The van der Waals surface area contributed by atoms with E-state index in [1.165, 1.54) is 45.3 Å². The van der Waals surface area contributed by atoms with Crippen LogP contribution in [-0.2, 0) is 0 Å². The molecule has 3 heteroatoms. The number of ketones is 1. The van der Waals surface area contributed by atoms with Crippen LogP contribution in [0.1, 0.15) is 75.1 Å². The van der Waals surface area contributed by atoms with Crippen LogP contribution >= 0.6 is 0 Å². The summed E-state index contributed by atoms with van der Waals surface area (Å²) in [5.41, 5.74) is 0.0999. The van der Waals surface area contributed by atoms with Crippen molar-refractivity contribution < 1.29 is 13.9 Å². The van der Waals surface area contributed by atoms with Gasteiger partial charge in [-0.25, -0.2) is 4.39 Å². The van der Waals surface area contributed by atoms with Gasteiger partial charge >= 0.3 is 0 Å². The number of carbonyl (C=O) groups excluding carboxylic acids is 1. The van der Waals surface area contributed by atoms with Crippen molar-refractivity contribution in [2.75, 3.05) is 7.11 Å². The molecule has 1 rings (SSSR count). The summed E-state index contributed by atoms with van der Waals surface area (Å²) in [4.78, 5) is 12.1. The van der Waals surface area contributed by atoms with E-state index in [4.69, 9.17) is 4.74 Å². The van der Waals surface area contributed by atoms with Crippen molar-refractivity contribution in [3.8, 4) is 5.75 Å². The molecular weight excluding hydrogens is 267 g/mol. The van der Waals surface area contributed by atoms with Gasteiger partial charge in [-0.2, -0.15) is 0 Å². The second kappa shape index (κ2) is 10.4. The highest BCUT2D eigenvalue weighted by molar-refractivity contribution is 5.98. The molecule has 0 aliphatic carbocycles. The largest absolute Gasteiger partial charge is 0.496 e. The lowest BCUT2D eigenvalue weighted by Gasteiger charge is -2.08. The molecule has 0 heterocycles. The lowest BCUT2D eigenvalue weighted by molar-refractivity contribution is 0.0972. The topological polar surface area (TPSA) is 26.3 Å². The van der Waals surface area contributed by atoms with Crippen molar-refractivity contribution in [1.82, 2.24) is 0 Å². The van der Waals surface area contributed by atoms with Crippen LogP contribution in [0.15, 0.2) is 18.2 Å². The van der Waals surface area contributed by atoms with Crippen LogP contribution in [-0.4, -0.2) is 12.9 Å². The number of methoxy groups -OCH3 is 1. The van der Waals surface area contributed by atoms with E-state index in [0.717, 1.165) is 19.3 Å². The minimum atomic E-state index is -0.487. The second-order valence-corrected chi connectivity index (χ2v) is 5.47. The first-order chi connectivity index (χ1) is 10.2. The standard InChI is InChI=1S/C18H27FO2/c1-3-4-5-6-7-8-9-10-13-16(20)18-15(19)12-11-14-17(18)21-2/h11-12,14H,3-10,13H2,1-2H3. The first-order valence-electron chi connectivity index (χ1n) is 8.06. The highest BCUT2D eigenvalue weighted by atomic mass is 19.1. The summed E-state index contributed by atoms with van der Waals surface area (Å²) in [6.07, 6.45) is 9.81. The Balaban J connectivity index is 2.28. The molecule has 0 saturated heterocycles. The van der Waals surface area contributed by atoms with Crippen LogP contribution in [0.3, 0.4) is 0 Å². The normalized spacial score (nSPS) is 10.6. The molecule has 2 nitrogen and oxygen atoms in total. The van der Waals surface area contributed by atoms with Gasteiger partial charge in [-0.05, 0) is 18.6 Å². The van der Waals surface area contributed by atoms with Crippen molar-refractivity contribution in [2.24, 2.45) is 0 Å². The fourth-order valence-corrected chi connectivity index (χ4v) is 2.49. The molecule has 1 aromatic rings. The maximum Gasteiger partial charge on any atom is 0.169 e. The average Bonchev–Trinajstić information content (AvgIpc) is 2.49. The van der Waals surface area contributed by atoms with E-state index < -0.39 is 5.82 Å². The van der Waals surface area contributed by atoms with Crippen molar-refractivity contribution >= 4 is 5.78 Å². The van der Waals surface area contributed by atoms with Gasteiger partial charge in [-0.3, -0.25) is 4.79 Å². The lowest BCUT2D eigenvalue weighted by Crippen LogP contribution is -2.05. The van der Waals surface area contributed by atoms with E-state index in [9.17, 15) is 9.18 Å².